The summed E-state index contributed by atoms with van der Waals surface area (Å²) < 4.78 is 1.09. The van der Waals surface area contributed by atoms with Crippen LogP contribution in [0.15, 0.2) is 46.9 Å². The van der Waals surface area contributed by atoms with Gasteiger partial charge in [-0.2, -0.15) is 0 Å². The van der Waals surface area contributed by atoms with Gasteiger partial charge in [0, 0.05) is 22.6 Å². The van der Waals surface area contributed by atoms with Crippen molar-refractivity contribution in [3.63, 3.8) is 0 Å². The molecule has 0 radical (unpaired) electrons. The third-order valence-electron chi connectivity index (χ3n) is 2.90. The van der Waals surface area contributed by atoms with Crippen LogP contribution >= 0.6 is 27.5 Å². The zero-order valence-corrected chi connectivity index (χ0v) is 12.6. The molecule has 0 bridgehead atoms. The van der Waals surface area contributed by atoms with Crippen LogP contribution in [-0.2, 0) is 13.1 Å². The predicted molar refractivity (Wildman–Crippen MR) is 80.9 cm³/mol. The van der Waals surface area contributed by atoms with Gasteiger partial charge >= 0.3 is 0 Å². The zero-order chi connectivity index (χ0) is 13.0. The van der Waals surface area contributed by atoms with E-state index in [1.165, 1.54) is 16.7 Å². The van der Waals surface area contributed by atoms with E-state index in [-0.39, 0.29) is 0 Å². The minimum absolute atomic E-state index is 0.769. The average Bonchev–Trinajstić information content (AvgIpc) is 2.36. The first-order valence-corrected chi connectivity index (χ1v) is 7.03. The smallest absolute Gasteiger partial charge is 0.0410 e. The van der Waals surface area contributed by atoms with Crippen LogP contribution in [-0.4, -0.2) is 0 Å². The molecule has 2 aromatic rings. The molecule has 3 heteroatoms. The highest BCUT2D eigenvalue weighted by atomic mass is 79.9. The molecule has 0 aliphatic rings. The van der Waals surface area contributed by atoms with E-state index in [1.807, 2.05) is 18.2 Å². The second-order valence-electron chi connectivity index (χ2n) is 4.27. The molecule has 2 aromatic carbocycles. The molecule has 0 amide bonds. The predicted octanol–water partition coefficient (Wildman–Crippen LogP) is 4.70. The minimum atomic E-state index is 0.769. The lowest BCUT2D eigenvalue weighted by Gasteiger charge is -2.09. The second kappa shape index (κ2) is 6.37. The number of halogens is 2. The van der Waals surface area contributed by atoms with E-state index < -0.39 is 0 Å². The number of hydrogen-bond acceptors (Lipinski definition) is 1. The van der Waals surface area contributed by atoms with Gasteiger partial charge in [0.25, 0.3) is 0 Å². The number of aryl methyl sites for hydroxylation is 1. The standard InChI is InChI=1S/C15H15BrClN/c1-11-4-2-3-5-12(11)9-18-10-13-8-14(17)6-7-15(13)16/h2-8,18H,9-10H2,1H3. The molecule has 1 nitrogen and oxygen atoms in total. The summed E-state index contributed by atoms with van der Waals surface area (Å²) in [6.45, 7) is 3.80. The monoisotopic (exact) mass is 323 g/mol. The summed E-state index contributed by atoms with van der Waals surface area (Å²) in [5, 5.41) is 4.21. The molecule has 0 spiro atoms. The van der Waals surface area contributed by atoms with Crippen molar-refractivity contribution in [1.82, 2.24) is 5.32 Å². The molecule has 0 fully saturated rings. The second-order valence-corrected chi connectivity index (χ2v) is 5.56. The number of nitrogens with one attached hydrogen (secondary N) is 1. The van der Waals surface area contributed by atoms with Gasteiger partial charge in [-0.1, -0.05) is 51.8 Å². The van der Waals surface area contributed by atoms with Crippen molar-refractivity contribution in [1.29, 1.82) is 0 Å². The Labute approximate surface area is 121 Å². The van der Waals surface area contributed by atoms with E-state index in [9.17, 15) is 0 Å². The summed E-state index contributed by atoms with van der Waals surface area (Å²) in [4.78, 5) is 0. The first-order chi connectivity index (χ1) is 8.66. The van der Waals surface area contributed by atoms with Crippen LogP contribution in [0.25, 0.3) is 0 Å². The quantitative estimate of drug-likeness (QED) is 0.859. The Morgan fingerprint density at radius 3 is 2.56 bits per heavy atom. The highest BCUT2D eigenvalue weighted by molar-refractivity contribution is 9.10. The summed E-state index contributed by atoms with van der Waals surface area (Å²) in [6, 6.07) is 14.3. The van der Waals surface area contributed by atoms with Crippen molar-refractivity contribution in [3.8, 4) is 0 Å². The summed E-state index contributed by atoms with van der Waals surface area (Å²) in [6.07, 6.45) is 0. The Bertz CT molecular complexity index is 540. The van der Waals surface area contributed by atoms with Crippen molar-refractivity contribution in [2.24, 2.45) is 0 Å². The zero-order valence-electron chi connectivity index (χ0n) is 10.2. The maximum absolute atomic E-state index is 5.99. The van der Waals surface area contributed by atoms with Crippen LogP contribution in [0.2, 0.25) is 5.02 Å². The fraction of sp³-hybridized carbons (Fsp3) is 0.200. The topological polar surface area (TPSA) is 12.0 Å². The van der Waals surface area contributed by atoms with E-state index in [0.717, 1.165) is 22.6 Å². The molecule has 0 aliphatic carbocycles. The molecule has 94 valence electrons. The van der Waals surface area contributed by atoms with Gasteiger partial charge in [0.05, 0.1) is 0 Å². The molecule has 1 N–H and O–H groups in total. The molecular weight excluding hydrogens is 310 g/mol. The van der Waals surface area contributed by atoms with E-state index >= 15 is 0 Å². The third kappa shape index (κ3) is 3.58. The average molecular weight is 325 g/mol. The highest BCUT2D eigenvalue weighted by Gasteiger charge is 2.01. The van der Waals surface area contributed by atoms with Crippen molar-refractivity contribution in [3.05, 3.63) is 68.7 Å². The van der Waals surface area contributed by atoms with E-state index in [0.29, 0.717) is 0 Å². The lowest BCUT2D eigenvalue weighted by molar-refractivity contribution is 0.689. The molecule has 0 unspecified atom stereocenters. The summed E-state index contributed by atoms with van der Waals surface area (Å²) >= 11 is 9.52. The number of hydrogen-bond donors (Lipinski definition) is 1. The SMILES string of the molecule is Cc1ccccc1CNCc1cc(Cl)ccc1Br. The lowest BCUT2D eigenvalue weighted by atomic mass is 10.1. The number of rotatable bonds is 4. The van der Waals surface area contributed by atoms with Crippen LogP contribution < -0.4 is 5.32 Å². The molecular formula is C15H15BrClN. The largest absolute Gasteiger partial charge is 0.309 e. The van der Waals surface area contributed by atoms with Gasteiger partial charge in [-0.25, -0.2) is 0 Å². The first-order valence-electron chi connectivity index (χ1n) is 5.86. The molecule has 0 saturated heterocycles. The van der Waals surface area contributed by atoms with Crippen molar-refractivity contribution in [2.45, 2.75) is 20.0 Å². The lowest BCUT2D eigenvalue weighted by Crippen LogP contribution is -2.13. The molecule has 0 atom stereocenters. The van der Waals surface area contributed by atoms with Gasteiger partial charge in [-0.05, 0) is 41.8 Å². The normalized spacial score (nSPS) is 10.6. The molecule has 0 aliphatic heterocycles. The van der Waals surface area contributed by atoms with Crippen molar-refractivity contribution < 1.29 is 0 Å². The maximum atomic E-state index is 5.99. The van der Waals surface area contributed by atoms with Crippen LogP contribution in [0.1, 0.15) is 16.7 Å². The molecule has 0 heterocycles. The number of benzene rings is 2. The van der Waals surface area contributed by atoms with E-state index in [4.69, 9.17) is 11.6 Å². The van der Waals surface area contributed by atoms with Gasteiger partial charge in [0.2, 0.25) is 0 Å². The maximum Gasteiger partial charge on any atom is 0.0410 e. The van der Waals surface area contributed by atoms with E-state index in [1.54, 1.807) is 0 Å². The van der Waals surface area contributed by atoms with Crippen LogP contribution in [0.4, 0.5) is 0 Å². The summed E-state index contributed by atoms with van der Waals surface area (Å²) in [7, 11) is 0. The Hall–Kier alpha value is -0.830. The van der Waals surface area contributed by atoms with Crippen LogP contribution in [0, 0.1) is 6.92 Å². The van der Waals surface area contributed by atoms with Crippen LogP contribution in [0.3, 0.4) is 0 Å². The fourth-order valence-corrected chi connectivity index (χ4v) is 2.40. The first kappa shape index (κ1) is 13.6. The van der Waals surface area contributed by atoms with E-state index in [2.05, 4.69) is 52.4 Å². The van der Waals surface area contributed by atoms with Gasteiger partial charge in [-0.3, -0.25) is 0 Å². The van der Waals surface area contributed by atoms with Gasteiger partial charge in [-0.15, -0.1) is 0 Å². The van der Waals surface area contributed by atoms with Crippen molar-refractivity contribution in [2.75, 3.05) is 0 Å². The molecule has 2 rings (SSSR count). The van der Waals surface area contributed by atoms with Gasteiger partial charge in [0.1, 0.15) is 0 Å². The minimum Gasteiger partial charge on any atom is -0.309 e. The molecule has 18 heavy (non-hydrogen) atoms. The van der Waals surface area contributed by atoms with Gasteiger partial charge in [0.15, 0.2) is 0 Å². The van der Waals surface area contributed by atoms with Crippen molar-refractivity contribution >= 4 is 27.5 Å². The molecule has 0 aromatic heterocycles. The van der Waals surface area contributed by atoms with Crippen LogP contribution in [0.5, 0.6) is 0 Å². The summed E-state index contributed by atoms with van der Waals surface area (Å²) in [5.41, 5.74) is 3.82. The fourth-order valence-electron chi connectivity index (χ4n) is 1.82. The Morgan fingerprint density at radius 1 is 1.06 bits per heavy atom. The van der Waals surface area contributed by atoms with Gasteiger partial charge < -0.3 is 5.32 Å². The Kier molecular flexibility index (Phi) is 4.81. The molecule has 0 saturated carbocycles. The Balaban J connectivity index is 1.96. The Morgan fingerprint density at radius 2 is 1.78 bits per heavy atom. The summed E-state index contributed by atoms with van der Waals surface area (Å²) in [5.74, 6) is 0. The highest BCUT2D eigenvalue weighted by Crippen LogP contribution is 2.21. The third-order valence-corrected chi connectivity index (χ3v) is 3.91.